The Hall–Kier alpha value is -0.890. The van der Waals surface area contributed by atoms with Crippen molar-refractivity contribution in [2.24, 2.45) is 5.84 Å². The Labute approximate surface area is 88.7 Å². The Morgan fingerprint density at radius 2 is 2.50 bits per heavy atom. The number of nitrogens with two attached hydrogens (primary N) is 1. The quantitative estimate of drug-likeness (QED) is 0.451. The van der Waals surface area contributed by atoms with Crippen molar-refractivity contribution >= 4 is 11.3 Å². The second-order valence-electron chi connectivity index (χ2n) is 2.99. The van der Waals surface area contributed by atoms with Crippen molar-refractivity contribution in [1.82, 2.24) is 10.4 Å². The number of aromatic nitrogens is 1. The van der Waals surface area contributed by atoms with Crippen LogP contribution in [0.3, 0.4) is 0 Å². The summed E-state index contributed by atoms with van der Waals surface area (Å²) in [4.78, 5) is 5.41. The molecule has 76 valence electrons. The van der Waals surface area contributed by atoms with Crippen LogP contribution in [0.15, 0.2) is 5.51 Å². The SMILES string of the molecule is CC#CCCC(NN)c1scnc1C. The summed E-state index contributed by atoms with van der Waals surface area (Å²) >= 11 is 1.64. The van der Waals surface area contributed by atoms with Crippen LogP contribution < -0.4 is 11.3 Å². The topological polar surface area (TPSA) is 50.9 Å². The molecule has 4 heteroatoms. The third kappa shape index (κ3) is 2.81. The van der Waals surface area contributed by atoms with Crippen molar-refractivity contribution < 1.29 is 0 Å². The van der Waals surface area contributed by atoms with Gasteiger partial charge in [0, 0.05) is 11.3 Å². The van der Waals surface area contributed by atoms with E-state index in [0.717, 1.165) is 18.5 Å². The number of hydrazine groups is 1. The molecule has 0 aromatic carbocycles. The van der Waals surface area contributed by atoms with Gasteiger partial charge in [-0.05, 0) is 20.3 Å². The minimum absolute atomic E-state index is 0.184. The Balaban J connectivity index is 2.61. The van der Waals surface area contributed by atoms with Crippen LogP contribution in [-0.2, 0) is 0 Å². The second kappa shape index (κ2) is 5.76. The Morgan fingerprint density at radius 3 is 3.00 bits per heavy atom. The third-order valence-electron chi connectivity index (χ3n) is 2.04. The molecule has 0 spiro atoms. The van der Waals surface area contributed by atoms with Gasteiger partial charge in [-0.1, -0.05) is 0 Å². The maximum atomic E-state index is 5.50. The molecule has 0 amide bonds. The van der Waals surface area contributed by atoms with Crippen LogP contribution in [0.25, 0.3) is 0 Å². The van der Waals surface area contributed by atoms with Gasteiger partial charge < -0.3 is 0 Å². The van der Waals surface area contributed by atoms with E-state index < -0.39 is 0 Å². The lowest BCUT2D eigenvalue weighted by Gasteiger charge is -2.12. The molecule has 1 aromatic rings. The highest BCUT2D eigenvalue weighted by molar-refractivity contribution is 7.09. The Bertz CT molecular complexity index is 335. The van der Waals surface area contributed by atoms with Gasteiger partial charge in [0.1, 0.15) is 0 Å². The average Bonchev–Trinajstić information content (AvgIpc) is 2.60. The first-order valence-electron chi connectivity index (χ1n) is 4.55. The van der Waals surface area contributed by atoms with Crippen LogP contribution in [0, 0.1) is 18.8 Å². The fourth-order valence-electron chi connectivity index (χ4n) is 1.28. The predicted molar refractivity (Wildman–Crippen MR) is 59.6 cm³/mol. The largest absolute Gasteiger partial charge is 0.271 e. The molecular formula is C10H15N3S. The summed E-state index contributed by atoms with van der Waals surface area (Å²) in [5.74, 6) is 11.4. The Kier molecular flexibility index (Phi) is 4.60. The maximum Gasteiger partial charge on any atom is 0.0798 e. The van der Waals surface area contributed by atoms with Crippen molar-refractivity contribution in [2.45, 2.75) is 32.7 Å². The molecule has 3 N–H and O–H groups in total. The van der Waals surface area contributed by atoms with E-state index in [9.17, 15) is 0 Å². The smallest absolute Gasteiger partial charge is 0.0798 e. The first kappa shape index (κ1) is 11.2. The molecule has 0 aliphatic carbocycles. The predicted octanol–water partition coefficient (Wildman–Crippen LogP) is 1.76. The highest BCUT2D eigenvalue weighted by atomic mass is 32.1. The van der Waals surface area contributed by atoms with Gasteiger partial charge in [-0.3, -0.25) is 11.3 Å². The van der Waals surface area contributed by atoms with E-state index in [0.29, 0.717) is 0 Å². The van der Waals surface area contributed by atoms with E-state index in [2.05, 4.69) is 22.3 Å². The molecule has 0 aliphatic heterocycles. The van der Waals surface area contributed by atoms with Crippen molar-refractivity contribution in [3.05, 3.63) is 16.1 Å². The third-order valence-corrected chi connectivity index (χ3v) is 3.08. The zero-order valence-corrected chi connectivity index (χ0v) is 9.32. The van der Waals surface area contributed by atoms with Crippen molar-refractivity contribution in [3.8, 4) is 11.8 Å². The maximum absolute atomic E-state index is 5.50. The number of nitrogens with zero attached hydrogens (tertiary/aromatic N) is 1. The molecule has 14 heavy (non-hydrogen) atoms. The van der Waals surface area contributed by atoms with Crippen LogP contribution in [0.4, 0.5) is 0 Å². The molecule has 0 saturated carbocycles. The fraction of sp³-hybridized carbons (Fsp3) is 0.500. The molecule has 0 radical (unpaired) electrons. The number of thiazole rings is 1. The number of nitrogens with one attached hydrogen (secondary N) is 1. The summed E-state index contributed by atoms with van der Waals surface area (Å²) in [6.45, 7) is 3.85. The lowest BCUT2D eigenvalue weighted by atomic mass is 10.1. The van der Waals surface area contributed by atoms with Gasteiger partial charge in [0.05, 0.1) is 17.2 Å². The summed E-state index contributed by atoms with van der Waals surface area (Å²) in [5.41, 5.74) is 5.71. The van der Waals surface area contributed by atoms with Crippen molar-refractivity contribution in [1.29, 1.82) is 0 Å². The van der Waals surface area contributed by atoms with Gasteiger partial charge >= 0.3 is 0 Å². The minimum atomic E-state index is 0.184. The molecule has 0 saturated heterocycles. The molecule has 0 bridgehead atoms. The standard InChI is InChI=1S/C10H15N3S/c1-3-4-5-6-9(13-11)10-8(2)12-7-14-10/h7,9,13H,5-6,11H2,1-2H3. The number of rotatable bonds is 4. The summed E-state index contributed by atoms with van der Waals surface area (Å²) in [6, 6.07) is 0.184. The van der Waals surface area contributed by atoms with Crippen LogP contribution >= 0.6 is 11.3 Å². The molecule has 0 fully saturated rings. The zero-order chi connectivity index (χ0) is 10.4. The molecule has 3 nitrogen and oxygen atoms in total. The zero-order valence-electron chi connectivity index (χ0n) is 8.50. The summed E-state index contributed by atoms with van der Waals surface area (Å²) in [7, 11) is 0. The van der Waals surface area contributed by atoms with Crippen molar-refractivity contribution in [3.63, 3.8) is 0 Å². The molecule has 1 atom stereocenters. The summed E-state index contributed by atoms with van der Waals surface area (Å²) < 4.78 is 0. The molecule has 1 aromatic heterocycles. The van der Waals surface area contributed by atoms with Crippen LogP contribution in [0.2, 0.25) is 0 Å². The van der Waals surface area contributed by atoms with E-state index >= 15 is 0 Å². The van der Waals surface area contributed by atoms with Crippen LogP contribution in [-0.4, -0.2) is 4.98 Å². The van der Waals surface area contributed by atoms with E-state index in [1.54, 1.807) is 11.3 Å². The number of hydrogen-bond donors (Lipinski definition) is 2. The second-order valence-corrected chi connectivity index (χ2v) is 3.87. The van der Waals surface area contributed by atoms with Crippen molar-refractivity contribution in [2.75, 3.05) is 0 Å². The molecule has 0 aliphatic rings. The van der Waals surface area contributed by atoms with E-state index in [-0.39, 0.29) is 6.04 Å². The van der Waals surface area contributed by atoms with Gasteiger partial charge in [0.15, 0.2) is 0 Å². The van der Waals surface area contributed by atoms with E-state index in [4.69, 9.17) is 5.84 Å². The highest BCUT2D eigenvalue weighted by Crippen LogP contribution is 2.24. The normalized spacial score (nSPS) is 11.9. The molecular weight excluding hydrogens is 194 g/mol. The monoisotopic (exact) mass is 209 g/mol. The van der Waals surface area contributed by atoms with Gasteiger partial charge in [0.2, 0.25) is 0 Å². The van der Waals surface area contributed by atoms with Gasteiger partial charge in [-0.2, -0.15) is 0 Å². The fourth-order valence-corrected chi connectivity index (χ4v) is 2.17. The molecule has 1 unspecified atom stereocenters. The van der Waals surface area contributed by atoms with Gasteiger partial charge in [0.25, 0.3) is 0 Å². The van der Waals surface area contributed by atoms with Gasteiger partial charge in [-0.25, -0.2) is 4.98 Å². The lowest BCUT2D eigenvalue weighted by molar-refractivity contribution is 0.528. The highest BCUT2D eigenvalue weighted by Gasteiger charge is 2.13. The van der Waals surface area contributed by atoms with E-state index in [1.165, 1.54) is 4.88 Å². The number of hydrogen-bond acceptors (Lipinski definition) is 4. The summed E-state index contributed by atoms with van der Waals surface area (Å²) in [5, 5.41) is 0. The molecule has 1 heterocycles. The number of aryl methyl sites for hydroxylation is 1. The van der Waals surface area contributed by atoms with Gasteiger partial charge in [-0.15, -0.1) is 23.2 Å². The minimum Gasteiger partial charge on any atom is -0.271 e. The molecule has 1 rings (SSSR count). The van der Waals surface area contributed by atoms with E-state index in [1.807, 2.05) is 19.4 Å². The first-order chi connectivity index (χ1) is 6.79. The Morgan fingerprint density at radius 1 is 1.71 bits per heavy atom. The summed E-state index contributed by atoms with van der Waals surface area (Å²) in [6.07, 6.45) is 1.79. The average molecular weight is 209 g/mol. The van der Waals surface area contributed by atoms with Crippen LogP contribution in [0.5, 0.6) is 0 Å². The van der Waals surface area contributed by atoms with Crippen LogP contribution in [0.1, 0.15) is 36.4 Å². The first-order valence-corrected chi connectivity index (χ1v) is 5.43. The lowest BCUT2D eigenvalue weighted by Crippen LogP contribution is -2.27.